The number of piperazine rings is 1. The van der Waals surface area contributed by atoms with Crippen LogP contribution in [0.1, 0.15) is 10.4 Å². The molecule has 1 N–H and O–H groups in total. The van der Waals surface area contributed by atoms with Crippen molar-refractivity contribution < 1.29 is 9.18 Å². The van der Waals surface area contributed by atoms with Gasteiger partial charge in [0.15, 0.2) is 0 Å². The molecule has 9 heteroatoms. The molecule has 8 nitrogen and oxygen atoms in total. The number of carbonyl (C=O) groups is 1. The van der Waals surface area contributed by atoms with Gasteiger partial charge >= 0.3 is 0 Å². The largest absolute Gasteiger partial charge is 0.354 e. The summed E-state index contributed by atoms with van der Waals surface area (Å²) in [6, 6.07) is 8.47. The molecule has 1 fully saturated rings. The lowest BCUT2D eigenvalue weighted by Crippen LogP contribution is -2.44. The Labute approximate surface area is 190 Å². The highest BCUT2D eigenvalue weighted by Crippen LogP contribution is 2.23. The molecule has 0 aromatic carbocycles. The highest BCUT2D eigenvalue weighted by atomic mass is 19.1. The highest BCUT2D eigenvalue weighted by Gasteiger charge is 2.17. The van der Waals surface area contributed by atoms with Gasteiger partial charge in [-0.2, -0.15) is 0 Å². The van der Waals surface area contributed by atoms with E-state index in [1.807, 2.05) is 6.07 Å². The second-order valence-corrected chi connectivity index (χ2v) is 8.03. The third kappa shape index (κ3) is 4.63. The number of nitrogens with one attached hydrogen (secondary N) is 1. The number of rotatable bonds is 4. The molecule has 0 radical (unpaired) electrons. The maximum Gasteiger partial charge on any atom is 0.257 e. The first-order valence-electron chi connectivity index (χ1n) is 10.6. The SMILES string of the molecule is CN1CCN(c2cc(C(=O)Nc3cc4cc(-c5cncc(F)c5)ncc4cn3)ccn2)CC1. The van der Waals surface area contributed by atoms with Gasteiger partial charge in [-0.15, -0.1) is 0 Å². The van der Waals surface area contributed by atoms with Gasteiger partial charge in [0.2, 0.25) is 0 Å². The van der Waals surface area contributed by atoms with Gasteiger partial charge in [0.1, 0.15) is 17.5 Å². The molecule has 33 heavy (non-hydrogen) atoms. The topological polar surface area (TPSA) is 87.1 Å². The van der Waals surface area contributed by atoms with Gasteiger partial charge in [-0.1, -0.05) is 0 Å². The van der Waals surface area contributed by atoms with Crippen LogP contribution < -0.4 is 10.2 Å². The second kappa shape index (κ2) is 8.87. The van der Waals surface area contributed by atoms with Gasteiger partial charge in [0.05, 0.1) is 11.9 Å². The molecule has 0 aliphatic carbocycles. The molecule has 4 aromatic rings. The first-order valence-corrected chi connectivity index (χ1v) is 10.6. The fraction of sp³-hybridized carbons (Fsp3) is 0.208. The molecule has 4 aromatic heterocycles. The monoisotopic (exact) mass is 443 g/mol. The molecule has 0 bridgehead atoms. The molecule has 5 heterocycles. The van der Waals surface area contributed by atoms with E-state index < -0.39 is 5.82 Å². The van der Waals surface area contributed by atoms with Crippen molar-refractivity contribution in [1.82, 2.24) is 24.8 Å². The third-order valence-corrected chi connectivity index (χ3v) is 5.68. The summed E-state index contributed by atoms with van der Waals surface area (Å²) in [4.78, 5) is 34.4. The smallest absolute Gasteiger partial charge is 0.257 e. The molecule has 0 saturated carbocycles. The second-order valence-electron chi connectivity index (χ2n) is 8.03. The summed E-state index contributed by atoms with van der Waals surface area (Å²) in [5, 5.41) is 4.49. The summed E-state index contributed by atoms with van der Waals surface area (Å²) < 4.78 is 13.5. The van der Waals surface area contributed by atoms with Gasteiger partial charge in [0, 0.05) is 67.5 Å². The van der Waals surface area contributed by atoms with Crippen molar-refractivity contribution in [3.05, 3.63) is 72.7 Å². The van der Waals surface area contributed by atoms with Crippen molar-refractivity contribution in [1.29, 1.82) is 0 Å². The first-order chi connectivity index (χ1) is 16.0. The molecule has 0 unspecified atom stereocenters. The summed E-state index contributed by atoms with van der Waals surface area (Å²) in [6.45, 7) is 3.67. The van der Waals surface area contributed by atoms with E-state index in [1.165, 1.54) is 6.07 Å². The van der Waals surface area contributed by atoms with Crippen LogP contribution in [0.3, 0.4) is 0 Å². The van der Waals surface area contributed by atoms with Gasteiger partial charge in [0.25, 0.3) is 5.91 Å². The van der Waals surface area contributed by atoms with Crippen LogP contribution in [0.5, 0.6) is 0 Å². The van der Waals surface area contributed by atoms with Gasteiger partial charge < -0.3 is 15.1 Å². The summed E-state index contributed by atoms with van der Waals surface area (Å²) >= 11 is 0. The Balaban J connectivity index is 1.36. The normalized spacial score (nSPS) is 14.4. The Kier molecular flexibility index (Phi) is 5.62. The van der Waals surface area contributed by atoms with Crippen molar-refractivity contribution in [2.75, 3.05) is 43.4 Å². The fourth-order valence-corrected chi connectivity index (χ4v) is 3.77. The van der Waals surface area contributed by atoms with Crippen LogP contribution in [0.15, 0.2) is 61.3 Å². The molecule has 5 rings (SSSR count). The van der Waals surface area contributed by atoms with E-state index in [2.05, 4.69) is 42.1 Å². The maximum absolute atomic E-state index is 13.5. The predicted octanol–water partition coefficient (Wildman–Crippen LogP) is 3.23. The number of nitrogens with zero attached hydrogens (tertiary/aromatic N) is 6. The average Bonchev–Trinajstić information content (AvgIpc) is 2.84. The van der Waals surface area contributed by atoms with Gasteiger partial charge in [-0.25, -0.2) is 14.4 Å². The number of fused-ring (bicyclic) bond motifs is 1. The predicted molar refractivity (Wildman–Crippen MR) is 125 cm³/mol. The van der Waals surface area contributed by atoms with E-state index in [9.17, 15) is 9.18 Å². The van der Waals surface area contributed by atoms with Crippen molar-refractivity contribution in [3.8, 4) is 11.3 Å². The minimum atomic E-state index is -0.426. The molecular weight excluding hydrogens is 421 g/mol. The van der Waals surface area contributed by atoms with Crippen molar-refractivity contribution in [2.45, 2.75) is 0 Å². The third-order valence-electron chi connectivity index (χ3n) is 5.68. The molecule has 0 spiro atoms. The first kappa shape index (κ1) is 20.9. The van der Waals surface area contributed by atoms with Crippen LogP contribution in [0.4, 0.5) is 16.0 Å². The lowest BCUT2D eigenvalue weighted by molar-refractivity contribution is 0.102. The van der Waals surface area contributed by atoms with E-state index in [0.29, 0.717) is 22.6 Å². The lowest BCUT2D eigenvalue weighted by Gasteiger charge is -2.33. The lowest BCUT2D eigenvalue weighted by atomic mass is 10.1. The molecule has 1 saturated heterocycles. The Morgan fingerprint density at radius 1 is 0.939 bits per heavy atom. The van der Waals surface area contributed by atoms with Gasteiger partial charge in [-0.3, -0.25) is 14.8 Å². The van der Waals surface area contributed by atoms with E-state index in [1.54, 1.807) is 43.0 Å². The highest BCUT2D eigenvalue weighted by molar-refractivity contribution is 6.05. The van der Waals surface area contributed by atoms with Crippen LogP contribution in [-0.2, 0) is 0 Å². The number of halogens is 1. The standard InChI is InChI=1S/C24H22FN7O/c1-31-4-6-32(7-5-31)23-11-16(2-3-27-23)24(33)30-22-10-17-9-21(28-13-19(17)14-29-22)18-8-20(25)15-26-12-18/h2-3,8-15H,4-7H2,1H3,(H,29,30,33). The number of carbonyl (C=O) groups excluding carboxylic acids is 1. The minimum Gasteiger partial charge on any atom is -0.354 e. The fourth-order valence-electron chi connectivity index (χ4n) is 3.77. The molecule has 0 atom stereocenters. The Morgan fingerprint density at radius 2 is 1.76 bits per heavy atom. The van der Waals surface area contributed by atoms with E-state index in [0.717, 1.165) is 49.0 Å². The van der Waals surface area contributed by atoms with Crippen LogP contribution in [0, 0.1) is 5.82 Å². The molecule has 1 aliphatic heterocycles. The Hall–Kier alpha value is -3.98. The molecule has 1 amide bonds. The number of amides is 1. The van der Waals surface area contributed by atoms with Crippen molar-refractivity contribution in [3.63, 3.8) is 0 Å². The number of hydrogen-bond donors (Lipinski definition) is 1. The molecule has 1 aliphatic rings. The van der Waals surface area contributed by atoms with Crippen LogP contribution >= 0.6 is 0 Å². The zero-order chi connectivity index (χ0) is 22.8. The summed E-state index contributed by atoms with van der Waals surface area (Å²) in [6.07, 6.45) is 7.67. The van der Waals surface area contributed by atoms with Crippen molar-refractivity contribution >= 4 is 28.3 Å². The summed E-state index contributed by atoms with van der Waals surface area (Å²) in [7, 11) is 2.10. The number of anilines is 2. The number of aromatic nitrogens is 4. The average molecular weight is 443 g/mol. The van der Waals surface area contributed by atoms with Crippen LogP contribution in [-0.4, -0.2) is 64.0 Å². The van der Waals surface area contributed by atoms with Gasteiger partial charge in [-0.05, 0) is 42.8 Å². The summed E-state index contributed by atoms with van der Waals surface area (Å²) in [5.41, 5.74) is 1.68. The zero-order valence-electron chi connectivity index (χ0n) is 18.1. The number of likely N-dealkylation sites (N-methyl/N-ethyl adjacent to an activating group) is 1. The zero-order valence-corrected chi connectivity index (χ0v) is 18.1. The molecule has 166 valence electrons. The Morgan fingerprint density at radius 3 is 2.58 bits per heavy atom. The minimum absolute atomic E-state index is 0.261. The van der Waals surface area contributed by atoms with Crippen molar-refractivity contribution in [2.24, 2.45) is 0 Å². The Bertz CT molecular complexity index is 1320. The van der Waals surface area contributed by atoms with E-state index >= 15 is 0 Å². The van der Waals surface area contributed by atoms with E-state index in [-0.39, 0.29) is 5.91 Å². The van der Waals surface area contributed by atoms with E-state index in [4.69, 9.17) is 0 Å². The number of hydrogen-bond acceptors (Lipinski definition) is 7. The molecular formula is C24H22FN7O. The quantitative estimate of drug-likeness (QED) is 0.518. The van der Waals surface area contributed by atoms with Crippen LogP contribution in [0.2, 0.25) is 0 Å². The number of pyridine rings is 4. The summed E-state index contributed by atoms with van der Waals surface area (Å²) in [5.74, 6) is 0.523. The maximum atomic E-state index is 13.5. The van der Waals surface area contributed by atoms with Crippen LogP contribution in [0.25, 0.3) is 22.0 Å².